The zero-order valence-electron chi connectivity index (χ0n) is 20.6. The highest BCUT2D eigenvalue weighted by atomic mass is 32.2. The van der Waals surface area contributed by atoms with Crippen LogP contribution in [-0.4, -0.2) is 44.2 Å². The molecule has 0 N–H and O–H groups in total. The lowest BCUT2D eigenvalue weighted by Crippen LogP contribution is -2.54. The minimum Gasteiger partial charge on any atom is -0.485 e. The fourth-order valence-corrected chi connectivity index (χ4v) is 5.25. The van der Waals surface area contributed by atoms with Gasteiger partial charge in [-0.2, -0.15) is 8.42 Å². The second kappa shape index (κ2) is 8.64. The smallest absolute Gasteiger partial charge is 0.264 e. The Kier molecular flexibility index (Phi) is 6.71. The van der Waals surface area contributed by atoms with Crippen LogP contribution >= 0.6 is 0 Å². The van der Waals surface area contributed by atoms with E-state index in [2.05, 4.69) is 38.8 Å². The van der Waals surface area contributed by atoms with Gasteiger partial charge >= 0.3 is 0 Å². The zero-order chi connectivity index (χ0) is 24.8. The van der Waals surface area contributed by atoms with Crippen LogP contribution in [0.1, 0.15) is 51.8 Å². The number of nitrogens with zero attached hydrogens (tertiary/aromatic N) is 2. The molecule has 8 nitrogen and oxygen atoms in total. The molecule has 0 saturated carbocycles. The molecule has 0 bridgehead atoms. The van der Waals surface area contributed by atoms with Crippen LogP contribution in [0.4, 0.5) is 0 Å². The van der Waals surface area contributed by atoms with Crippen molar-refractivity contribution in [2.75, 3.05) is 6.26 Å². The fraction of sp³-hybridized carbons (Fsp3) is 0.565. The molecule has 182 valence electrons. The number of fused-ring (bicyclic) bond motifs is 1. The molecular formula is C23H34N2O6SSi. The summed E-state index contributed by atoms with van der Waals surface area (Å²) in [6, 6.07) is 4.32. The summed E-state index contributed by atoms with van der Waals surface area (Å²) >= 11 is 0. The number of rotatable bonds is 6. The summed E-state index contributed by atoms with van der Waals surface area (Å²) in [5.41, 5.74) is 0.0363. The van der Waals surface area contributed by atoms with E-state index in [-0.39, 0.29) is 10.6 Å². The van der Waals surface area contributed by atoms with Gasteiger partial charge in [0.2, 0.25) is 0 Å². The first-order valence-corrected chi connectivity index (χ1v) is 15.6. The Morgan fingerprint density at radius 3 is 2.48 bits per heavy atom. The van der Waals surface area contributed by atoms with Gasteiger partial charge in [0.25, 0.3) is 15.7 Å². The third-order valence-corrected chi connectivity index (χ3v) is 11.5. The normalized spacial score (nSPS) is 20.7. The molecule has 1 aliphatic heterocycles. The lowest BCUT2D eigenvalue weighted by atomic mass is 9.87. The highest BCUT2D eigenvalue weighted by molar-refractivity contribution is 7.86. The van der Waals surface area contributed by atoms with Gasteiger partial charge < -0.3 is 13.7 Å². The van der Waals surface area contributed by atoms with Crippen LogP contribution < -0.4 is 10.3 Å². The van der Waals surface area contributed by atoms with Crippen molar-refractivity contribution >= 4 is 18.4 Å². The van der Waals surface area contributed by atoms with E-state index in [1.54, 1.807) is 38.5 Å². The van der Waals surface area contributed by atoms with E-state index < -0.39 is 36.2 Å². The van der Waals surface area contributed by atoms with E-state index in [0.717, 1.165) is 11.8 Å². The van der Waals surface area contributed by atoms with Crippen molar-refractivity contribution in [1.82, 2.24) is 9.55 Å². The number of hydrogen-bond acceptors (Lipinski definition) is 7. The summed E-state index contributed by atoms with van der Waals surface area (Å²) in [5, 5.41) is 0.0581. The second-order valence-electron chi connectivity index (χ2n) is 10.6. The van der Waals surface area contributed by atoms with Crippen molar-refractivity contribution in [3.05, 3.63) is 58.3 Å². The average molecular weight is 495 g/mol. The number of aromatic nitrogens is 2. The molecule has 2 aromatic heterocycles. The molecule has 0 aliphatic carbocycles. The topological polar surface area (TPSA) is 96.7 Å². The summed E-state index contributed by atoms with van der Waals surface area (Å²) in [6.07, 6.45) is 4.84. The van der Waals surface area contributed by atoms with E-state index >= 15 is 0 Å². The summed E-state index contributed by atoms with van der Waals surface area (Å²) in [4.78, 5) is 17.4. The van der Waals surface area contributed by atoms with Crippen LogP contribution in [0, 0.1) is 0 Å². The maximum absolute atomic E-state index is 13.2. The van der Waals surface area contributed by atoms with Crippen LogP contribution in [0.3, 0.4) is 0 Å². The quantitative estimate of drug-likeness (QED) is 0.444. The Labute approximate surface area is 197 Å². The van der Waals surface area contributed by atoms with E-state index in [1.807, 2.05) is 6.07 Å². The third-order valence-electron chi connectivity index (χ3n) is 6.47. The molecule has 0 unspecified atom stereocenters. The summed E-state index contributed by atoms with van der Waals surface area (Å²) in [7, 11) is -5.80. The Balaban J connectivity index is 2.02. The lowest BCUT2D eigenvalue weighted by Gasteiger charge is -2.44. The highest BCUT2D eigenvalue weighted by Gasteiger charge is 2.48. The van der Waals surface area contributed by atoms with Crippen molar-refractivity contribution in [2.45, 2.75) is 77.1 Å². The largest absolute Gasteiger partial charge is 0.485 e. The van der Waals surface area contributed by atoms with E-state index in [1.165, 1.54) is 10.6 Å². The molecule has 0 amide bonds. The standard InChI is InChI=1S/C23H34N2O6SSi/c1-22(2,3)33(7,8)29-15-16-10-12-25(19(26)13-16)20-17-14-24-11-9-18(17)30-23(4,5)21(20)31-32(6,27)28/h9-14,20-21H,15H2,1-8H3/t20-,21+/m1/s1. The molecular weight excluding hydrogens is 460 g/mol. The number of ether oxygens (including phenoxy) is 1. The van der Waals surface area contributed by atoms with Gasteiger partial charge in [0.05, 0.1) is 18.9 Å². The maximum Gasteiger partial charge on any atom is 0.264 e. The molecule has 33 heavy (non-hydrogen) atoms. The monoisotopic (exact) mass is 494 g/mol. The molecule has 0 radical (unpaired) electrons. The molecule has 3 heterocycles. The first-order chi connectivity index (χ1) is 15.0. The van der Waals surface area contributed by atoms with Crippen LogP contribution in [-0.2, 0) is 25.3 Å². The van der Waals surface area contributed by atoms with Gasteiger partial charge in [0.1, 0.15) is 17.5 Å². The number of pyridine rings is 2. The molecule has 3 rings (SSSR count). The van der Waals surface area contributed by atoms with Crippen LogP contribution in [0.15, 0.2) is 41.6 Å². The average Bonchev–Trinajstić information content (AvgIpc) is 2.65. The van der Waals surface area contributed by atoms with Gasteiger partial charge in [0, 0.05) is 30.2 Å². The van der Waals surface area contributed by atoms with Crippen molar-refractivity contribution in [1.29, 1.82) is 0 Å². The third kappa shape index (κ3) is 5.56. The molecule has 10 heteroatoms. The Morgan fingerprint density at radius 1 is 1.24 bits per heavy atom. The van der Waals surface area contributed by atoms with Crippen LogP contribution in [0.2, 0.25) is 18.1 Å². The zero-order valence-corrected chi connectivity index (χ0v) is 22.4. The predicted octanol–water partition coefficient (Wildman–Crippen LogP) is 3.87. The molecule has 0 saturated heterocycles. The van der Waals surface area contributed by atoms with Gasteiger partial charge in [0.15, 0.2) is 8.32 Å². The van der Waals surface area contributed by atoms with Gasteiger partial charge in [-0.25, -0.2) is 0 Å². The van der Waals surface area contributed by atoms with E-state index in [9.17, 15) is 13.2 Å². The van der Waals surface area contributed by atoms with Gasteiger partial charge in [-0.05, 0) is 49.7 Å². The van der Waals surface area contributed by atoms with E-state index in [4.69, 9.17) is 13.3 Å². The molecule has 2 aromatic rings. The number of hydrogen-bond donors (Lipinski definition) is 0. The summed E-state index contributed by atoms with van der Waals surface area (Å²) in [5.74, 6) is 0.533. The minimum atomic E-state index is -3.83. The van der Waals surface area contributed by atoms with Crippen molar-refractivity contribution in [3.8, 4) is 5.75 Å². The first kappa shape index (κ1) is 25.6. The summed E-state index contributed by atoms with van der Waals surface area (Å²) < 4.78 is 43.4. The molecule has 2 atom stereocenters. The highest BCUT2D eigenvalue weighted by Crippen LogP contribution is 2.43. The SMILES string of the molecule is CC1(C)Oc2ccncc2[C@@H](n2ccc(CO[Si](C)(C)C(C)(C)C)cc2=O)[C@@H]1OS(C)(=O)=O. The Hall–Kier alpha value is -2.01. The molecule has 1 aliphatic rings. The summed E-state index contributed by atoms with van der Waals surface area (Å²) in [6.45, 7) is 14.6. The lowest BCUT2D eigenvalue weighted by molar-refractivity contribution is -0.0465. The minimum absolute atomic E-state index is 0.0581. The van der Waals surface area contributed by atoms with Crippen LogP contribution in [0.25, 0.3) is 0 Å². The fourth-order valence-electron chi connectivity index (χ4n) is 3.58. The van der Waals surface area contributed by atoms with E-state index in [0.29, 0.717) is 17.9 Å². The van der Waals surface area contributed by atoms with Crippen molar-refractivity contribution < 1.29 is 21.8 Å². The Morgan fingerprint density at radius 2 is 1.91 bits per heavy atom. The first-order valence-electron chi connectivity index (χ1n) is 10.9. The molecule has 0 aromatic carbocycles. The second-order valence-corrected chi connectivity index (χ2v) is 17.0. The molecule has 0 fully saturated rings. The molecule has 0 spiro atoms. The van der Waals surface area contributed by atoms with Crippen molar-refractivity contribution in [2.24, 2.45) is 0 Å². The van der Waals surface area contributed by atoms with Crippen LogP contribution in [0.5, 0.6) is 5.75 Å². The van der Waals surface area contributed by atoms with Gasteiger partial charge in [-0.3, -0.25) is 14.0 Å². The predicted molar refractivity (Wildman–Crippen MR) is 129 cm³/mol. The van der Waals surface area contributed by atoms with Crippen molar-refractivity contribution in [3.63, 3.8) is 0 Å². The van der Waals surface area contributed by atoms with Gasteiger partial charge in [-0.15, -0.1) is 0 Å². The van der Waals surface area contributed by atoms with Gasteiger partial charge in [-0.1, -0.05) is 20.8 Å². The Bertz CT molecular complexity index is 1180. The maximum atomic E-state index is 13.2.